The number of hydrogen-bond donors (Lipinski definition) is 2. The third kappa shape index (κ3) is 3.99. The number of urea groups is 1. The molecule has 1 heterocycles. The van der Waals surface area contributed by atoms with E-state index in [9.17, 15) is 9.59 Å². The molecule has 1 aliphatic rings. The Balaban J connectivity index is 1.73. The fourth-order valence-corrected chi connectivity index (χ4v) is 3.27. The summed E-state index contributed by atoms with van der Waals surface area (Å²) >= 11 is 0. The van der Waals surface area contributed by atoms with Gasteiger partial charge >= 0.3 is 6.03 Å². The predicted molar refractivity (Wildman–Crippen MR) is 97.1 cm³/mol. The van der Waals surface area contributed by atoms with Crippen molar-refractivity contribution < 1.29 is 9.59 Å². The molecule has 0 aliphatic carbocycles. The van der Waals surface area contributed by atoms with Crippen LogP contribution in [0.1, 0.15) is 45.9 Å². The average Bonchev–Trinajstić information content (AvgIpc) is 3.10. The van der Waals surface area contributed by atoms with E-state index in [1.54, 1.807) is 0 Å². The lowest BCUT2D eigenvalue weighted by molar-refractivity contribution is 0.0735. The summed E-state index contributed by atoms with van der Waals surface area (Å²) in [5, 5.41) is 2.54. The molecule has 2 aromatic rings. The summed E-state index contributed by atoms with van der Waals surface area (Å²) in [6.45, 7) is 3.21. The summed E-state index contributed by atoms with van der Waals surface area (Å²) in [6, 6.07) is 15.3. The van der Waals surface area contributed by atoms with E-state index in [0.29, 0.717) is 12.1 Å². The van der Waals surface area contributed by atoms with E-state index in [1.165, 1.54) is 11.1 Å². The Morgan fingerprint density at radius 1 is 1.12 bits per heavy atom. The van der Waals surface area contributed by atoms with Crippen LogP contribution in [0.4, 0.5) is 4.79 Å². The monoisotopic (exact) mass is 337 g/mol. The van der Waals surface area contributed by atoms with E-state index >= 15 is 0 Å². The van der Waals surface area contributed by atoms with Gasteiger partial charge in [-0.1, -0.05) is 42.0 Å². The minimum absolute atomic E-state index is 0.0532. The Morgan fingerprint density at radius 2 is 1.80 bits per heavy atom. The normalized spacial score (nSPS) is 16.7. The SMILES string of the molecule is Cc1ccc(C2CCCN2C(=O)c2ccc(CNC(N)=O)cc2)cc1. The number of carbonyl (C=O) groups excluding carboxylic acids is 2. The van der Waals surface area contributed by atoms with Gasteiger partial charge in [0.15, 0.2) is 0 Å². The number of hydrogen-bond acceptors (Lipinski definition) is 2. The van der Waals surface area contributed by atoms with Crippen molar-refractivity contribution in [1.82, 2.24) is 10.2 Å². The van der Waals surface area contributed by atoms with E-state index in [2.05, 4.69) is 36.5 Å². The molecule has 3 amide bonds. The summed E-state index contributed by atoms with van der Waals surface area (Å²) < 4.78 is 0. The summed E-state index contributed by atoms with van der Waals surface area (Å²) in [5.41, 5.74) is 9.06. The first kappa shape index (κ1) is 17.0. The van der Waals surface area contributed by atoms with Crippen LogP contribution < -0.4 is 11.1 Å². The summed E-state index contributed by atoms with van der Waals surface area (Å²) in [7, 11) is 0. The van der Waals surface area contributed by atoms with Crippen LogP contribution in [0.2, 0.25) is 0 Å². The lowest BCUT2D eigenvalue weighted by Gasteiger charge is -2.25. The minimum Gasteiger partial charge on any atom is -0.352 e. The molecule has 1 aliphatic heterocycles. The van der Waals surface area contributed by atoms with Gasteiger partial charge in [-0.2, -0.15) is 0 Å². The molecule has 0 spiro atoms. The Kier molecular flexibility index (Phi) is 5.03. The number of nitrogens with two attached hydrogens (primary N) is 1. The smallest absolute Gasteiger partial charge is 0.312 e. The van der Waals surface area contributed by atoms with Crippen molar-refractivity contribution in [3.63, 3.8) is 0 Å². The number of likely N-dealkylation sites (tertiary alicyclic amines) is 1. The standard InChI is InChI=1S/C20H23N3O2/c1-14-4-8-16(9-5-14)18-3-2-12-23(18)19(24)17-10-6-15(7-11-17)13-22-20(21)25/h4-11,18H,2-3,12-13H2,1H3,(H3,21,22,25). The highest BCUT2D eigenvalue weighted by molar-refractivity contribution is 5.94. The van der Waals surface area contributed by atoms with Crippen LogP contribution in [-0.2, 0) is 6.54 Å². The van der Waals surface area contributed by atoms with Gasteiger partial charge in [-0.3, -0.25) is 4.79 Å². The zero-order valence-electron chi connectivity index (χ0n) is 14.4. The van der Waals surface area contributed by atoms with E-state index in [4.69, 9.17) is 5.73 Å². The summed E-state index contributed by atoms with van der Waals surface area (Å²) in [4.78, 5) is 25.6. The van der Waals surface area contributed by atoms with Gasteiger partial charge in [0.25, 0.3) is 5.91 Å². The van der Waals surface area contributed by atoms with Crippen LogP contribution in [0, 0.1) is 6.92 Å². The van der Waals surface area contributed by atoms with E-state index < -0.39 is 6.03 Å². The van der Waals surface area contributed by atoms with Crippen molar-refractivity contribution in [1.29, 1.82) is 0 Å². The van der Waals surface area contributed by atoms with Gasteiger partial charge in [-0.05, 0) is 43.0 Å². The number of aryl methyl sites for hydroxylation is 1. The maximum absolute atomic E-state index is 12.9. The van der Waals surface area contributed by atoms with Gasteiger partial charge in [0, 0.05) is 18.7 Å². The Bertz CT molecular complexity index is 754. The van der Waals surface area contributed by atoms with Gasteiger partial charge < -0.3 is 16.0 Å². The number of benzene rings is 2. The van der Waals surface area contributed by atoms with Gasteiger partial charge in [-0.15, -0.1) is 0 Å². The largest absolute Gasteiger partial charge is 0.352 e. The number of nitrogens with one attached hydrogen (secondary N) is 1. The fourth-order valence-electron chi connectivity index (χ4n) is 3.27. The van der Waals surface area contributed by atoms with Crippen molar-refractivity contribution in [2.45, 2.75) is 32.4 Å². The second-order valence-corrected chi connectivity index (χ2v) is 6.48. The molecule has 25 heavy (non-hydrogen) atoms. The third-order valence-electron chi connectivity index (χ3n) is 4.64. The summed E-state index contributed by atoms with van der Waals surface area (Å²) in [5.74, 6) is 0.0532. The van der Waals surface area contributed by atoms with Crippen LogP contribution in [0.3, 0.4) is 0 Å². The van der Waals surface area contributed by atoms with Gasteiger partial charge in [-0.25, -0.2) is 4.79 Å². The lowest BCUT2D eigenvalue weighted by atomic mass is 10.0. The maximum atomic E-state index is 12.9. The van der Waals surface area contributed by atoms with Crippen LogP contribution in [-0.4, -0.2) is 23.4 Å². The van der Waals surface area contributed by atoms with Gasteiger partial charge in [0.1, 0.15) is 0 Å². The maximum Gasteiger partial charge on any atom is 0.312 e. The topological polar surface area (TPSA) is 75.4 Å². The molecule has 1 fully saturated rings. The van der Waals surface area contributed by atoms with Crippen molar-refractivity contribution >= 4 is 11.9 Å². The molecule has 3 N–H and O–H groups in total. The van der Waals surface area contributed by atoms with E-state index in [1.807, 2.05) is 29.2 Å². The van der Waals surface area contributed by atoms with Crippen LogP contribution >= 0.6 is 0 Å². The zero-order valence-corrected chi connectivity index (χ0v) is 14.4. The van der Waals surface area contributed by atoms with Crippen molar-refractivity contribution in [3.8, 4) is 0 Å². The second-order valence-electron chi connectivity index (χ2n) is 6.48. The van der Waals surface area contributed by atoms with Gasteiger partial charge in [0.05, 0.1) is 6.04 Å². The van der Waals surface area contributed by atoms with E-state index in [-0.39, 0.29) is 11.9 Å². The first-order valence-corrected chi connectivity index (χ1v) is 8.54. The molecule has 0 aromatic heterocycles. The highest BCUT2D eigenvalue weighted by Crippen LogP contribution is 2.33. The number of amides is 3. The van der Waals surface area contributed by atoms with E-state index in [0.717, 1.165) is 24.9 Å². The summed E-state index contributed by atoms with van der Waals surface area (Å²) in [6.07, 6.45) is 2.01. The number of carbonyl (C=O) groups is 2. The minimum atomic E-state index is -0.557. The quantitative estimate of drug-likeness (QED) is 0.899. The zero-order chi connectivity index (χ0) is 17.8. The highest BCUT2D eigenvalue weighted by atomic mass is 16.2. The number of nitrogens with zero attached hydrogens (tertiary/aromatic N) is 1. The van der Waals surface area contributed by atoms with Crippen LogP contribution in [0.15, 0.2) is 48.5 Å². The molecule has 0 radical (unpaired) electrons. The van der Waals surface area contributed by atoms with Crippen molar-refractivity contribution in [3.05, 3.63) is 70.8 Å². The molecular weight excluding hydrogens is 314 g/mol. The van der Waals surface area contributed by atoms with Crippen LogP contribution in [0.25, 0.3) is 0 Å². The van der Waals surface area contributed by atoms with Crippen molar-refractivity contribution in [2.24, 2.45) is 5.73 Å². The molecule has 1 saturated heterocycles. The van der Waals surface area contributed by atoms with Gasteiger partial charge in [0.2, 0.25) is 0 Å². The first-order chi connectivity index (χ1) is 12.0. The Morgan fingerprint density at radius 3 is 2.44 bits per heavy atom. The number of primary amides is 1. The van der Waals surface area contributed by atoms with Crippen LogP contribution in [0.5, 0.6) is 0 Å². The third-order valence-corrected chi connectivity index (χ3v) is 4.64. The molecule has 2 aromatic carbocycles. The Labute approximate surface area is 147 Å². The fraction of sp³-hybridized carbons (Fsp3) is 0.300. The predicted octanol–water partition coefficient (Wildman–Crippen LogP) is 3.14. The average molecular weight is 337 g/mol. The van der Waals surface area contributed by atoms with Crippen molar-refractivity contribution in [2.75, 3.05) is 6.54 Å². The Hall–Kier alpha value is -2.82. The number of rotatable bonds is 4. The molecule has 5 nitrogen and oxygen atoms in total. The molecule has 3 rings (SSSR count). The molecule has 0 saturated carbocycles. The molecule has 1 unspecified atom stereocenters. The lowest BCUT2D eigenvalue weighted by Crippen LogP contribution is -2.30. The molecular formula is C20H23N3O2. The molecule has 0 bridgehead atoms. The molecule has 130 valence electrons. The first-order valence-electron chi connectivity index (χ1n) is 8.54. The highest BCUT2D eigenvalue weighted by Gasteiger charge is 2.30. The molecule has 1 atom stereocenters. The second kappa shape index (κ2) is 7.38. The molecule has 5 heteroatoms.